The van der Waals surface area contributed by atoms with Crippen molar-refractivity contribution in [2.24, 2.45) is 0 Å². The molecular formula is C70H130O6. The van der Waals surface area contributed by atoms with E-state index in [0.29, 0.717) is 19.3 Å². The zero-order valence-corrected chi connectivity index (χ0v) is 51.3. The van der Waals surface area contributed by atoms with E-state index < -0.39 is 6.10 Å². The van der Waals surface area contributed by atoms with Gasteiger partial charge in [-0.2, -0.15) is 0 Å². The normalized spacial score (nSPS) is 12.2. The summed E-state index contributed by atoms with van der Waals surface area (Å²) in [5.74, 6) is -0.845. The number of hydrogen-bond acceptors (Lipinski definition) is 6. The number of carbonyl (C=O) groups excluding carboxylic acids is 3. The van der Waals surface area contributed by atoms with Crippen LogP contribution in [0.4, 0.5) is 0 Å². The maximum absolute atomic E-state index is 12.9. The average Bonchev–Trinajstić information content (AvgIpc) is 3.42. The fourth-order valence-electron chi connectivity index (χ4n) is 10.2. The van der Waals surface area contributed by atoms with Gasteiger partial charge in [0.1, 0.15) is 13.2 Å². The van der Waals surface area contributed by atoms with Crippen molar-refractivity contribution in [3.8, 4) is 0 Å². The van der Waals surface area contributed by atoms with Crippen molar-refractivity contribution in [1.29, 1.82) is 0 Å². The number of ether oxygens (including phenoxy) is 3. The first-order chi connectivity index (χ1) is 37.5. The molecule has 446 valence electrons. The first kappa shape index (κ1) is 73.6. The standard InChI is InChI=1S/C70H130O6/c1-4-7-10-13-16-19-22-25-28-31-33-34-35-36-38-39-42-45-48-51-54-57-60-63-69(72)75-66-67(65-74-68(71)62-59-56-53-50-47-44-41-30-27-24-21-18-15-12-9-6-3)76-70(73)64-61-58-55-52-49-46-43-40-37-32-29-26-23-20-17-14-11-8-5-2/h22,25-26,29,31,33,67H,4-21,23-24,27-28,30,32,34-66H2,1-3H3/b25-22-,29-26-,33-31-. The van der Waals surface area contributed by atoms with Crippen LogP contribution in [-0.2, 0) is 28.6 Å². The summed E-state index contributed by atoms with van der Waals surface area (Å²) in [7, 11) is 0. The van der Waals surface area contributed by atoms with E-state index in [1.54, 1.807) is 0 Å². The van der Waals surface area contributed by atoms with Crippen LogP contribution in [0, 0.1) is 0 Å². The van der Waals surface area contributed by atoms with Crippen LogP contribution in [0.5, 0.6) is 0 Å². The lowest BCUT2D eigenvalue weighted by atomic mass is 10.0. The summed E-state index contributed by atoms with van der Waals surface area (Å²) in [5.41, 5.74) is 0. The Kier molecular flexibility index (Phi) is 63.1. The van der Waals surface area contributed by atoms with E-state index in [-0.39, 0.29) is 31.1 Å². The van der Waals surface area contributed by atoms with Crippen molar-refractivity contribution in [3.63, 3.8) is 0 Å². The molecule has 0 heterocycles. The Morgan fingerprint density at radius 3 is 0.737 bits per heavy atom. The molecular weight excluding hydrogens is 937 g/mol. The first-order valence-electron chi connectivity index (χ1n) is 34.0. The molecule has 6 heteroatoms. The van der Waals surface area contributed by atoms with Crippen molar-refractivity contribution >= 4 is 17.9 Å². The molecule has 1 unspecified atom stereocenters. The topological polar surface area (TPSA) is 78.9 Å². The molecule has 0 N–H and O–H groups in total. The number of unbranched alkanes of at least 4 members (excludes halogenated alkanes) is 46. The largest absolute Gasteiger partial charge is 0.462 e. The second-order valence-electron chi connectivity index (χ2n) is 23.1. The number of rotatable bonds is 63. The van der Waals surface area contributed by atoms with Crippen molar-refractivity contribution in [2.75, 3.05) is 13.2 Å². The third-order valence-corrected chi connectivity index (χ3v) is 15.4. The van der Waals surface area contributed by atoms with Crippen molar-refractivity contribution < 1.29 is 28.6 Å². The van der Waals surface area contributed by atoms with Crippen LogP contribution in [0.15, 0.2) is 36.5 Å². The molecule has 0 amide bonds. The monoisotopic (exact) mass is 1070 g/mol. The number of hydrogen-bond donors (Lipinski definition) is 0. The highest BCUT2D eigenvalue weighted by Crippen LogP contribution is 2.18. The lowest BCUT2D eigenvalue weighted by molar-refractivity contribution is -0.167. The Labute approximate surface area is 474 Å². The SMILES string of the molecule is CCCCCCC/C=C\C/C=C\CCCCCCCCCCCCCC(=O)OCC(COC(=O)CCCCCCCCCCCCCCCCCC)OC(=O)CCCCCCCCCCC/C=C\CCCCCCCC. The molecule has 0 radical (unpaired) electrons. The van der Waals surface area contributed by atoms with Gasteiger partial charge in [-0.3, -0.25) is 14.4 Å². The van der Waals surface area contributed by atoms with Gasteiger partial charge in [0.15, 0.2) is 6.10 Å². The Morgan fingerprint density at radius 1 is 0.263 bits per heavy atom. The molecule has 0 saturated carbocycles. The smallest absolute Gasteiger partial charge is 0.306 e. The van der Waals surface area contributed by atoms with Crippen LogP contribution in [0.3, 0.4) is 0 Å². The maximum atomic E-state index is 12.9. The Morgan fingerprint density at radius 2 is 0.474 bits per heavy atom. The van der Waals surface area contributed by atoms with Gasteiger partial charge in [-0.1, -0.05) is 314 Å². The van der Waals surface area contributed by atoms with E-state index in [2.05, 4.69) is 57.2 Å². The maximum Gasteiger partial charge on any atom is 0.306 e. The van der Waals surface area contributed by atoms with Crippen LogP contribution in [-0.4, -0.2) is 37.2 Å². The molecule has 1 atom stereocenters. The van der Waals surface area contributed by atoms with Gasteiger partial charge in [-0.25, -0.2) is 0 Å². The minimum atomic E-state index is -0.772. The highest BCUT2D eigenvalue weighted by atomic mass is 16.6. The molecule has 0 aromatic carbocycles. The number of esters is 3. The Balaban J connectivity index is 4.31. The van der Waals surface area contributed by atoms with E-state index >= 15 is 0 Å². The van der Waals surface area contributed by atoms with Crippen LogP contribution < -0.4 is 0 Å². The molecule has 0 aromatic rings. The summed E-state index contributed by atoms with van der Waals surface area (Å²) in [4.78, 5) is 38.4. The molecule has 76 heavy (non-hydrogen) atoms. The lowest BCUT2D eigenvalue weighted by Crippen LogP contribution is -2.30. The quantitative estimate of drug-likeness (QED) is 0.0261. The summed E-state index contributed by atoms with van der Waals surface area (Å²) >= 11 is 0. The summed E-state index contributed by atoms with van der Waals surface area (Å²) < 4.78 is 17.0. The van der Waals surface area contributed by atoms with E-state index in [4.69, 9.17) is 14.2 Å². The summed E-state index contributed by atoms with van der Waals surface area (Å²) in [5, 5.41) is 0. The van der Waals surface area contributed by atoms with Gasteiger partial charge in [0.05, 0.1) is 0 Å². The molecule has 0 saturated heterocycles. The molecule has 0 aliphatic rings. The molecule has 0 fully saturated rings. The van der Waals surface area contributed by atoms with Gasteiger partial charge in [0.25, 0.3) is 0 Å². The minimum absolute atomic E-state index is 0.0685. The number of allylic oxidation sites excluding steroid dienone is 6. The molecule has 0 aliphatic heterocycles. The summed E-state index contributed by atoms with van der Waals surface area (Å²) in [6.07, 6.45) is 80.1. The van der Waals surface area contributed by atoms with Gasteiger partial charge >= 0.3 is 17.9 Å². The lowest BCUT2D eigenvalue weighted by Gasteiger charge is -2.18. The van der Waals surface area contributed by atoms with Crippen LogP contribution in [0.25, 0.3) is 0 Å². The van der Waals surface area contributed by atoms with E-state index in [1.165, 1.54) is 270 Å². The van der Waals surface area contributed by atoms with Gasteiger partial charge in [-0.05, 0) is 77.0 Å². The Hall–Kier alpha value is -2.37. The van der Waals surface area contributed by atoms with Crippen molar-refractivity contribution in [2.45, 2.75) is 380 Å². The predicted octanol–water partition coefficient (Wildman–Crippen LogP) is 23.2. The average molecular weight is 1070 g/mol. The van der Waals surface area contributed by atoms with Gasteiger partial charge in [0, 0.05) is 19.3 Å². The summed E-state index contributed by atoms with van der Waals surface area (Å²) in [6, 6.07) is 0. The molecule has 0 spiro atoms. The molecule has 0 bridgehead atoms. The highest BCUT2D eigenvalue weighted by molar-refractivity contribution is 5.71. The molecule has 0 aliphatic carbocycles. The van der Waals surface area contributed by atoms with E-state index in [1.807, 2.05) is 0 Å². The van der Waals surface area contributed by atoms with Crippen LogP contribution in [0.1, 0.15) is 374 Å². The fourth-order valence-corrected chi connectivity index (χ4v) is 10.2. The van der Waals surface area contributed by atoms with E-state index in [0.717, 1.165) is 64.2 Å². The van der Waals surface area contributed by atoms with Crippen LogP contribution >= 0.6 is 0 Å². The zero-order valence-electron chi connectivity index (χ0n) is 51.3. The molecule has 0 aromatic heterocycles. The zero-order chi connectivity index (χ0) is 55.0. The second kappa shape index (κ2) is 65.2. The molecule has 0 rings (SSSR count). The number of carbonyl (C=O) groups is 3. The van der Waals surface area contributed by atoms with Crippen LogP contribution in [0.2, 0.25) is 0 Å². The summed E-state index contributed by atoms with van der Waals surface area (Å²) in [6.45, 7) is 6.69. The fraction of sp³-hybridized carbons (Fsp3) is 0.871. The van der Waals surface area contributed by atoms with Gasteiger partial charge < -0.3 is 14.2 Å². The second-order valence-corrected chi connectivity index (χ2v) is 23.1. The van der Waals surface area contributed by atoms with E-state index in [9.17, 15) is 14.4 Å². The first-order valence-corrected chi connectivity index (χ1v) is 34.0. The molecule has 6 nitrogen and oxygen atoms in total. The third kappa shape index (κ3) is 62.5. The van der Waals surface area contributed by atoms with Gasteiger partial charge in [-0.15, -0.1) is 0 Å². The minimum Gasteiger partial charge on any atom is -0.462 e. The predicted molar refractivity (Wildman–Crippen MR) is 330 cm³/mol. The van der Waals surface area contributed by atoms with Crippen molar-refractivity contribution in [3.05, 3.63) is 36.5 Å². The highest BCUT2D eigenvalue weighted by Gasteiger charge is 2.19. The Bertz CT molecular complexity index is 1270. The van der Waals surface area contributed by atoms with Gasteiger partial charge in [0.2, 0.25) is 0 Å². The third-order valence-electron chi connectivity index (χ3n) is 15.4. The van der Waals surface area contributed by atoms with Crippen molar-refractivity contribution in [1.82, 2.24) is 0 Å².